The van der Waals surface area contributed by atoms with Gasteiger partial charge in [-0.05, 0) is 31.6 Å². The van der Waals surface area contributed by atoms with E-state index in [0.717, 1.165) is 102 Å². The molecule has 0 saturated carbocycles. The third-order valence-electron chi connectivity index (χ3n) is 22.6. The van der Waals surface area contributed by atoms with E-state index in [0.29, 0.717) is 25.7 Å². The van der Waals surface area contributed by atoms with Crippen molar-refractivity contribution in [2.75, 3.05) is 39.6 Å². The van der Waals surface area contributed by atoms with E-state index in [2.05, 4.69) is 34.6 Å². The van der Waals surface area contributed by atoms with Crippen molar-refractivity contribution in [2.45, 2.75) is 534 Å². The van der Waals surface area contributed by atoms with Crippen molar-refractivity contribution in [3.8, 4) is 0 Å². The van der Waals surface area contributed by atoms with Crippen LogP contribution in [0.25, 0.3) is 0 Å². The summed E-state index contributed by atoms with van der Waals surface area (Å²) < 4.78 is 69.1. The second kappa shape index (κ2) is 86.4. The summed E-state index contributed by atoms with van der Waals surface area (Å²) in [5, 5.41) is 10.7. The lowest BCUT2D eigenvalue weighted by Gasteiger charge is -2.21. The number of aliphatic hydroxyl groups is 1. The van der Waals surface area contributed by atoms with Gasteiger partial charge in [-0.2, -0.15) is 0 Å². The first kappa shape index (κ1) is 111. The number of hydrogen-bond donors (Lipinski definition) is 3. The van der Waals surface area contributed by atoms with E-state index in [-0.39, 0.29) is 25.7 Å². The minimum atomic E-state index is -4.97. The van der Waals surface area contributed by atoms with E-state index in [4.69, 9.17) is 37.0 Å². The van der Waals surface area contributed by atoms with Crippen molar-refractivity contribution < 1.29 is 80.2 Å². The fourth-order valence-corrected chi connectivity index (χ4v) is 16.4. The van der Waals surface area contributed by atoms with Crippen LogP contribution in [0.4, 0.5) is 0 Å². The average Bonchev–Trinajstić information content (AvgIpc) is 0.904. The number of esters is 4. The molecule has 0 aliphatic carbocycles. The van der Waals surface area contributed by atoms with Crippen LogP contribution in [-0.2, 0) is 65.4 Å². The van der Waals surface area contributed by atoms with Crippen LogP contribution < -0.4 is 0 Å². The Kier molecular flexibility index (Phi) is 85.0. The van der Waals surface area contributed by atoms with E-state index in [1.165, 1.54) is 334 Å². The van der Waals surface area contributed by atoms with Crippen molar-refractivity contribution in [3.63, 3.8) is 0 Å². The van der Waals surface area contributed by atoms with Crippen LogP contribution in [0.15, 0.2) is 0 Å². The molecule has 6 atom stereocenters. The lowest BCUT2D eigenvalue weighted by molar-refractivity contribution is -0.161. The number of hydrogen-bond acceptors (Lipinski definition) is 15. The Balaban J connectivity index is 5.20. The zero-order chi connectivity index (χ0) is 82.6. The molecular formula is C94H184O17P2. The lowest BCUT2D eigenvalue weighted by atomic mass is 10.00. The highest BCUT2D eigenvalue weighted by atomic mass is 31.2. The van der Waals surface area contributed by atoms with E-state index < -0.39 is 97.5 Å². The van der Waals surface area contributed by atoms with Crippen molar-refractivity contribution in [3.05, 3.63) is 0 Å². The maximum absolute atomic E-state index is 13.2. The van der Waals surface area contributed by atoms with Gasteiger partial charge in [-0.25, -0.2) is 9.13 Å². The van der Waals surface area contributed by atoms with Gasteiger partial charge in [-0.1, -0.05) is 465 Å². The Bertz CT molecular complexity index is 2140. The molecule has 3 unspecified atom stereocenters. The molecule has 0 rings (SSSR count). The molecule has 0 aliphatic rings. The van der Waals surface area contributed by atoms with Crippen molar-refractivity contribution in [1.29, 1.82) is 0 Å². The van der Waals surface area contributed by atoms with Crippen LogP contribution >= 0.6 is 15.6 Å². The highest BCUT2D eigenvalue weighted by Crippen LogP contribution is 2.45. The van der Waals surface area contributed by atoms with E-state index in [1.807, 2.05) is 0 Å². The quantitative estimate of drug-likeness (QED) is 0.0222. The summed E-state index contributed by atoms with van der Waals surface area (Å²) >= 11 is 0. The maximum Gasteiger partial charge on any atom is 0.472 e. The molecule has 672 valence electrons. The fraction of sp³-hybridized carbons (Fsp3) is 0.957. The standard InChI is InChI=1S/C94H184O17P2/c1-6-10-13-16-19-22-25-28-31-34-37-40-42-45-48-51-54-57-60-63-69-74-79-93(98)110-89(83-104-91(96)77-72-67-61-58-55-52-49-46-44-41-38-35-32-29-26-23-20-17-14-11-7-2)85-108-112(100,101)106-81-88(95)82-107-113(102,103)109-86-90(84-105-92(97)78-73-68-65-64-66-71-76-87(5)9-4)111-94(99)80-75-70-62-59-56-53-50-47-43-39-36-33-30-27-24-21-18-15-12-8-3/h87-90,95H,6-86H2,1-5H3,(H,100,101)(H,102,103)/t87?,88-,89-,90-/m1/s1. The Labute approximate surface area is 696 Å². The number of phosphoric ester groups is 2. The Morgan fingerprint density at radius 3 is 0.628 bits per heavy atom. The predicted octanol–water partition coefficient (Wildman–Crippen LogP) is 29.5. The highest BCUT2D eigenvalue weighted by molar-refractivity contribution is 7.47. The Morgan fingerprint density at radius 1 is 0.248 bits per heavy atom. The summed E-state index contributed by atoms with van der Waals surface area (Å²) in [4.78, 5) is 73.5. The number of carbonyl (C=O) groups is 4. The SMILES string of the molecule is CCCCCCCCCCCCCCCCCCCCCCCCC(=O)O[C@H](COC(=O)CCCCCCCCCCCCCCCCCCCCCCC)COP(=O)(O)OC[C@@H](O)COP(=O)(O)OC[C@@H](COC(=O)CCCCCCCCC(C)CC)OC(=O)CCCCCCCCCCCCCCCCCCCCCC. The molecule has 0 spiro atoms. The van der Waals surface area contributed by atoms with Gasteiger partial charge in [0, 0.05) is 25.7 Å². The minimum absolute atomic E-state index is 0.108. The summed E-state index contributed by atoms with van der Waals surface area (Å²) in [5.74, 6) is -1.36. The largest absolute Gasteiger partial charge is 0.472 e. The number of ether oxygens (including phenoxy) is 4. The van der Waals surface area contributed by atoms with E-state index >= 15 is 0 Å². The second-order valence-corrected chi connectivity index (χ2v) is 36.9. The first-order valence-electron chi connectivity index (χ1n) is 48.7. The van der Waals surface area contributed by atoms with Gasteiger partial charge in [0.2, 0.25) is 0 Å². The molecule has 113 heavy (non-hydrogen) atoms. The predicted molar refractivity (Wildman–Crippen MR) is 469 cm³/mol. The van der Waals surface area contributed by atoms with E-state index in [9.17, 15) is 43.2 Å². The minimum Gasteiger partial charge on any atom is -0.462 e. The smallest absolute Gasteiger partial charge is 0.462 e. The molecule has 0 bridgehead atoms. The zero-order valence-corrected chi connectivity index (χ0v) is 76.3. The van der Waals surface area contributed by atoms with Crippen LogP contribution in [0.3, 0.4) is 0 Å². The number of phosphoric acid groups is 2. The molecular weight excluding hydrogens is 1460 g/mol. The Morgan fingerprint density at radius 2 is 0.425 bits per heavy atom. The molecule has 0 aliphatic heterocycles. The first-order chi connectivity index (χ1) is 55.1. The van der Waals surface area contributed by atoms with Crippen molar-refractivity contribution >= 4 is 39.5 Å². The van der Waals surface area contributed by atoms with Gasteiger partial charge in [0.05, 0.1) is 26.4 Å². The molecule has 3 N–H and O–H groups in total. The highest BCUT2D eigenvalue weighted by Gasteiger charge is 2.31. The van der Waals surface area contributed by atoms with Gasteiger partial charge in [-0.15, -0.1) is 0 Å². The van der Waals surface area contributed by atoms with Crippen LogP contribution in [0, 0.1) is 5.92 Å². The zero-order valence-electron chi connectivity index (χ0n) is 74.5. The summed E-state index contributed by atoms with van der Waals surface area (Å²) in [7, 11) is -9.94. The molecule has 0 heterocycles. The maximum atomic E-state index is 13.2. The summed E-state index contributed by atoms with van der Waals surface area (Å²) in [6.07, 6.45) is 83.7. The third kappa shape index (κ3) is 86.3. The van der Waals surface area contributed by atoms with Gasteiger partial charge in [0.25, 0.3) is 0 Å². The first-order valence-corrected chi connectivity index (χ1v) is 51.7. The van der Waals surface area contributed by atoms with Gasteiger partial charge in [0.1, 0.15) is 19.3 Å². The van der Waals surface area contributed by atoms with Crippen LogP contribution in [0.5, 0.6) is 0 Å². The molecule has 0 saturated heterocycles. The summed E-state index contributed by atoms with van der Waals surface area (Å²) in [5.41, 5.74) is 0. The molecule has 0 aromatic carbocycles. The molecule has 0 aromatic rings. The number of aliphatic hydroxyl groups excluding tert-OH is 1. The van der Waals surface area contributed by atoms with E-state index in [1.54, 1.807) is 0 Å². The topological polar surface area (TPSA) is 237 Å². The van der Waals surface area contributed by atoms with Gasteiger partial charge in [-0.3, -0.25) is 37.3 Å². The lowest BCUT2D eigenvalue weighted by Crippen LogP contribution is -2.30. The van der Waals surface area contributed by atoms with Crippen LogP contribution in [0.1, 0.15) is 516 Å². The van der Waals surface area contributed by atoms with Crippen LogP contribution in [-0.4, -0.2) is 96.7 Å². The molecule has 0 amide bonds. The molecule has 0 radical (unpaired) electrons. The monoisotopic (exact) mass is 1650 g/mol. The average molecular weight is 1650 g/mol. The van der Waals surface area contributed by atoms with Gasteiger partial charge >= 0.3 is 39.5 Å². The normalized spacial score (nSPS) is 13.9. The van der Waals surface area contributed by atoms with Crippen molar-refractivity contribution in [1.82, 2.24) is 0 Å². The van der Waals surface area contributed by atoms with Gasteiger partial charge < -0.3 is 33.8 Å². The number of carbonyl (C=O) groups excluding carboxylic acids is 4. The molecule has 0 fully saturated rings. The van der Waals surface area contributed by atoms with Crippen LogP contribution in [0.2, 0.25) is 0 Å². The van der Waals surface area contributed by atoms with Crippen molar-refractivity contribution in [2.24, 2.45) is 5.92 Å². The molecule has 17 nitrogen and oxygen atoms in total. The second-order valence-electron chi connectivity index (χ2n) is 34.0. The fourth-order valence-electron chi connectivity index (χ4n) is 14.9. The Hall–Kier alpha value is -1.94. The van der Waals surface area contributed by atoms with Gasteiger partial charge in [0.15, 0.2) is 12.2 Å². The molecule has 0 aromatic heterocycles. The summed E-state index contributed by atoms with van der Waals surface area (Å²) in [6.45, 7) is 7.37. The number of unbranched alkanes of at least 4 members (excludes halogenated alkanes) is 65. The summed E-state index contributed by atoms with van der Waals surface area (Å²) in [6, 6.07) is 0. The third-order valence-corrected chi connectivity index (χ3v) is 24.5. The molecule has 19 heteroatoms. The number of rotatable bonds is 94.